The lowest BCUT2D eigenvalue weighted by Crippen LogP contribution is -2.29. The molecule has 1 aromatic heterocycles. The van der Waals surface area contributed by atoms with Gasteiger partial charge in [0, 0.05) is 32.4 Å². The van der Waals surface area contributed by atoms with Crippen molar-refractivity contribution in [2.24, 2.45) is 17.8 Å². The zero-order chi connectivity index (χ0) is 14.8. The molecule has 0 aliphatic heterocycles. The minimum atomic E-state index is 0.519. The van der Waals surface area contributed by atoms with Crippen LogP contribution in [0.4, 0.5) is 5.82 Å². The van der Waals surface area contributed by atoms with Crippen molar-refractivity contribution < 1.29 is 0 Å². The van der Waals surface area contributed by atoms with Gasteiger partial charge < -0.3 is 10.2 Å². The second-order valence-corrected chi connectivity index (χ2v) is 7.38. The van der Waals surface area contributed by atoms with Gasteiger partial charge in [-0.2, -0.15) is 0 Å². The number of nitrogens with one attached hydrogen (secondary N) is 1. The highest BCUT2D eigenvalue weighted by atomic mass is 15.2. The Kier molecular flexibility index (Phi) is 4.48. The molecule has 0 spiro atoms. The summed E-state index contributed by atoms with van der Waals surface area (Å²) in [5.74, 6) is 4.04. The number of nitrogens with zero attached hydrogens (tertiary/aromatic N) is 2. The van der Waals surface area contributed by atoms with Crippen LogP contribution in [0.5, 0.6) is 0 Å². The summed E-state index contributed by atoms with van der Waals surface area (Å²) in [5.41, 5.74) is 1.26. The first-order chi connectivity index (χ1) is 10.1. The largest absolute Gasteiger partial charge is 0.359 e. The maximum atomic E-state index is 4.65. The van der Waals surface area contributed by atoms with Crippen LogP contribution >= 0.6 is 0 Å². The van der Waals surface area contributed by atoms with Crippen molar-refractivity contribution in [2.45, 2.75) is 52.1 Å². The van der Waals surface area contributed by atoms with Gasteiger partial charge in [0.2, 0.25) is 0 Å². The maximum absolute atomic E-state index is 4.65. The third-order valence-corrected chi connectivity index (χ3v) is 5.31. The van der Waals surface area contributed by atoms with Gasteiger partial charge >= 0.3 is 0 Å². The standard InChI is InChI=1S/C18H29N3/c1-13(2)19-10-15-5-7-18(20-11-15)21(3)12-17-9-14-4-6-16(17)8-14/h5,7,11,13-14,16-17,19H,4,6,8-10,12H2,1-3H3. The molecule has 0 radical (unpaired) electrons. The monoisotopic (exact) mass is 287 g/mol. The first-order valence-corrected chi connectivity index (χ1v) is 8.51. The second kappa shape index (κ2) is 6.35. The van der Waals surface area contributed by atoms with Gasteiger partial charge in [0.05, 0.1) is 0 Å². The average Bonchev–Trinajstić information content (AvgIpc) is 3.08. The molecular weight excluding hydrogens is 258 g/mol. The van der Waals surface area contributed by atoms with Crippen LogP contribution in [-0.4, -0.2) is 24.6 Å². The molecular formula is C18H29N3. The van der Waals surface area contributed by atoms with E-state index in [2.05, 4.69) is 48.2 Å². The van der Waals surface area contributed by atoms with Gasteiger partial charge in [-0.15, -0.1) is 0 Å². The van der Waals surface area contributed by atoms with Crippen LogP contribution < -0.4 is 10.2 Å². The van der Waals surface area contributed by atoms with Crippen LogP contribution in [0.2, 0.25) is 0 Å². The summed E-state index contributed by atoms with van der Waals surface area (Å²) >= 11 is 0. The van der Waals surface area contributed by atoms with E-state index in [0.29, 0.717) is 6.04 Å². The minimum Gasteiger partial charge on any atom is -0.359 e. The summed E-state index contributed by atoms with van der Waals surface area (Å²) in [7, 11) is 2.19. The molecule has 116 valence electrons. The molecule has 2 saturated carbocycles. The number of hydrogen-bond acceptors (Lipinski definition) is 3. The molecule has 2 bridgehead atoms. The van der Waals surface area contributed by atoms with E-state index in [1.807, 2.05) is 6.20 Å². The zero-order valence-electron chi connectivity index (χ0n) is 13.7. The Hall–Kier alpha value is -1.09. The maximum Gasteiger partial charge on any atom is 0.128 e. The first-order valence-electron chi connectivity index (χ1n) is 8.51. The lowest BCUT2D eigenvalue weighted by molar-refractivity contribution is 0.337. The van der Waals surface area contributed by atoms with Crippen molar-refractivity contribution in [2.75, 3.05) is 18.5 Å². The highest BCUT2D eigenvalue weighted by Gasteiger charge is 2.39. The predicted octanol–water partition coefficient (Wildman–Crippen LogP) is 3.45. The summed E-state index contributed by atoms with van der Waals surface area (Å²) in [5, 5.41) is 3.43. The Morgan fingerprint density at radius 1 is 1.29 bits per heavy atom. The van der Waals surface area contributed by atoms with Crippen LogP contribution in [0.25, 0.3) is 0 Å². The van der Waals surface area contributed by atoms with Gasteiger partial charge in [0.15, 0.2) is 0 Å². The molecule has 1 heterocycles. The minimum absolute atomic E-state index is 0.519. The topological polar surface area (TPSA) is 28.2 Å². The van der Waals surface area contributed by atoms with Crippen LogP contribution in [-0.2, 0) is 6.54 Å². The van der Waals surface area contributed by atoms with E-state index in [9.17, 15) is 0 Å². The van der Waals surface area contributed by atoms with Crippen molar-refractivity contribution in [1.82, 2.24) is 10.3 Å². The normalized spacial score (nSPS) is 27.5. The van der Waals surface area contributed by atoms with Crippen molar-refractivity contribution in [3.8, 4) is 0 Å². The number of aromatic nitrogens is 1. The van der Waals surface area contributed by atoms with Crippen molar-refractivity contribution in [3.05, 3.63) is 23.9 Å². The Balaban J connectivity index is 1.53. The number of rotatable bonds is 6. The van der Waals surface area contributed by atoms with E-state index >= 15 is 0 Å². The van der Waals surface area contributed by atoms with E-state index in [-0.39, 0.29) is 0 Å². The summed E-state index contributed by atoms with van der Waals surface area (Å²) in [6.45, 7) is 6.43. The average molecular weight is 287 g/mol. The van der Waals surface area contributed by atoms with E-state index < -0.39 is 0 Å². The fraction of sp³-hybridized carbons (Fsp3) is 0.722. The van der Waals surface area contributed by atoms with Gasteiger partial charge in [-0.05, 0) is 48.6 Å². The molecule has 0 amide bonds. The molecule has 2 fully saturated rings. The molecule has 3 atom stereocenters. The number of hydrogen-bond donors (Lipinski definition) is 1. The second-order valence-electron chi connectivity index (χ2n) is 7.38. The van der Waals surface area contributed by atoms with Gasteiger partial charge in [0.25, 0.3) is 0 Å². The van der Waals surface area contributed by atoms with E-state index in [4.69, 9.17) is 0 Å². The third-order valence-electron chi connectivity index (χ3n) is 5.31. The molecule has 0 saturated heterocycles. The van der Waals surface area contributed by atoms with Gasteiger partial charge in [-0.1, -0.05) is 26.3 Å². The molecule has 3 heteroatoms. The number of pyridine rings is 1. The fourth-order valence-electron chi connectivity index (χ4n) is 4.11. The highest BCUT2D eigenvalue weighted by molar-refractivity contribution is 5.38. The lowest BCUT2D eigenvalue weighted by atomic mass is 9.88. The predicted molar refractivity (Wildman–Crippen MR) is 88.4 cm³/mol. The van der Waals surface area contributed by atoms with Crippen molar-refractivity contribution in [3.63, 3.8) is 0 Å². The van der Waals surface area contributed by atoms with Gasteiger partial charge in [-0.3, -0.25) is 0 Å². The summed E-state index contributed by atoms with van der Waals surface area (Å²) in [6, 6.07) is 4.89. The Morgan fingerprint density at radius 3 is 2.71 bits per heavy atom. The molecule has 3 unspecified atom stereocenters. The zero-order valence-corrected chi connectivity index (χ0v) is 13.7. The van der Waals surface area contributed by atoms with Gasteiger partial charge in [-0.25, -0.2) is 4.98 Å². The van der Waals surface area contributed by atoms with E-state index in [1.165, 1.54) is 37.8 Å². The number of fused-ring (bicyclic) bond motifs is 2. The van der Waals surface area contributed by atoms with Crippen LogP contribution in [0, 0.1) is 17.8 Å². The molecule has 21 heavy (non-hydrogen) atoms. The van der Waals surface area contributed by atoms with E-state index in [0.717, 1.165) is 30.1 Å². The smallest absolute Gasteiger partial charge is 0.128 e. The third kappa shape index (κ3) is 3.57. The molecule has 1 N–H and O–H groups in total. The Labute approximate surface area is 129 Å². The van der Waals surface area contributed by atoms with E-state index in [1.54, 1.807) is 0 Å². The van der Waals surface area contributed by atoms with Gasteiger partial charge in [0.1, 0.15) is 5.82 Å². The van der Waals surface area contributed by atoms with Crippen LogP contribution in [0.1, 0.15) is 45.1 Å². The molecule has 1 aromatic rings. The van der Waals surface area contributed by atoms with Crippen LogP contribution in [0.3, 0.4) is 0 Å². The van der Waals surface area contributed by atoms with Crippen LogP contribution in [0.15, 0.2) is 18.3 Å². The molecule has 2 aliphatic carbocycles. The van der Waals surface area contributed by atoms with Crippen molar-refractivity contribution >= 4 is 5.82 Å². The molecule has 3 rings (SSSR count). The summed E-state index contributed by atoms with van der Waals surface area (Å²) < 4.78 is 0. The summed E-state index contributed by atoms with van der Waals surface area (Å²) in [4.78, 5) is 7.00. The molecule has 0 aromatic carbocycles. The Bertz CT molecular complexity index is 454. The molecule has 3 nitrogen and oxygen atoms in total. The quantitative estimate of drug-likeness (QED) is 0.868. The Morgan fingerprint density at radius 2 is 2.14 bits per heavy atom. The number of anilines is 1. The molecule has 2 aliphatic rings. The first kappa shape index (κ1) is 14.8. The highest BCUT2D eigenvalue weighted by Crippen LogP contribution is 2.48. The SMILES string of the molecule is CC(C)NCc1ccc(N(C)CC2CC3CCC2C3)nc1. The van der Waals surface area contributed by atoms with Crippen molar-refractivity contribution in [1.29, 1.82) is 0 Å². The summed E-state index contributed by atoms with van der Waals surface area (Å²) in [6.07, 6.45) is 7.91. The fourth-order valence-corrected chi connectivity index (χ4v) is 4.11. The lowest BCUT2D eigenvalue weighted by Gasteiger charge is -2.28.